The van der Waals surface area contributed by atoms with Crippen LogP contribution in [0.3, 0.4) is 0 Å². The number of hydrogen-bond acceptors (Lipinski definition) is 4. The zero-order valence-corrected chi connectivity index (χ0v) is 12.8. The lowest BCUT2D eigenvalue weighted by atomic mass is 10.1. The predicted molar refractivity (Wildman–Crippen MR) is 79.4 cm³/mol. The van der Waals surface area contributed by atoms with E-state index in [2.05, 4.69) is 10.6 Å². The highest BCUT2D eigenvalue weighted by Gasteiger charge is 2.16. The molecular formula is C13H23N3O3S. The summed E-state index contributed by atoms with van der Waals surface area (Å²) in [6.45, 7) is 4.08. The topological polar surface area (TPSA) is 78.5 Å². The molecule has 1 aliphatic rings. The lowest BCUT2D eigenvalue weighted by molar-refractivity contribution is -0.133. The van der Waals surface area contributed by atoms with Gasteiger partial charge < -0.3 is 15.5 Å². The molecule has 0 aliphatic carbocycles. The first-order chi connectivity index (χ1) is 9.63. The van der Waals surface area contributed by atoms with Crippen molar-refractivity contribution in [3.63, 3.8) is 0 Å². The van der Waals surface area contributed by atoms with Crippen molar-refractivity contribution in [3.05, 3.63) is 0 Å². The smallest absolute Gasteiger partial charge is 0.241 e. The van der Waals surface area contributed by atoms with Gasteiger partial charge in [0.1, 0.15) is 0 Å². The Morgan fingerprint density at radius 3 is 2.20 bits per heavy atom. The zero-order valence-electron chi connectivity index (χ0n) is 11.9. The van der Waals surface area contributed by atoms with Gasteiger partial charge in [0.25, 0.3) is 0 Å². The maximum Gasteiger partial charge on any atom is 0.241 e. The van der Waals surface area contributed by atoms with Crippen molar-refractivity contribution in [2.45, 2.75) is 26.2 Å². The molecule has 0 aromatic heterocycles. The summed E-state index contributed by atoms with van der Waals surface area (Å²) < 4.78 is 0. The molecule has 2 N–H and O–H groups in total. The molecule has 114 valence electrons. The Kier molecular flexibility index (Phi) is 8.10. The Hall–Kier alpha value is -1.24. The number of carbonyl (C=O) groups is 3. The molecule has 20 heavy (non-hydrogen) atoms. The molecule has 1 heterocycles. The van der Waals surface area contributed by atoms with Gasteiger partial charge in [0, 0.05) is 19.6 Å². The fourth-order valence-electron chi connectivity index (χ4n) is 1.96. The van der Waals surface area contributed by atoms with Gasteiger partial charge in [-0.15, -0.1) is 11.8 Å². The highest BCUT2D eigenvalue weighted by molar-refractivity contribution is 8.00. The third-order valence-corrected chi connectivity index (χ3v) is 3.92. The average Bonchev–Trinajstić information content (AvgIpc) is 2.46. The molecule has 0 atom stereocenters. The van der Waals surface area contributed by atoms with Crippen molar-refractivity contribution in [1.82, 2.24) is 15.5 Å². The number of piperidine rings is 1. The third-order valence-electron chi connectivity index (χ3n) is 2.99. The SMILES string of the molecule is CCNC(=O)CSCC(=O)NCC(=O)N1CCCCC1. The van der Waals surface area contributed by atoms with Crippen LogP contribution in [-0.4, -0.2) is 60.3 Å². The molecule has 1 fully saturated rings. The van der Waals surface area contributed by atoms with Gasteiger partial charge in [0.2, 0.25) is 17.7 Å². The van der Waals surface area contributed by atoms with Gasteiger partial charge in [-0.25, -0.2) is 0 Å². The van der Waals surface area contributed by atoms with Crippen LogP contribution in [0.15, 0.2) is 0 Å². The van der Waals surface area contributed by atoms with Gasteiger partial charge in [0.05, 0.1) is 18.1 Å². The molecule has 0 spiro atoms. The second-order valence-electron chi connectivity index (χ2n) is 4.66. The Bertz CT molecular complexity index is 344. The number of likely N-dealkylation sites (tertiary alicyclic amines) is 1. The van der Waals surface area contributed by atoms with Crippen LogP contribution < -0.4 is 10.6 Å². The van der Waals surface area contributed by atoms with Gasteiger partial charge in [-0.2, -0.15) is 0 Å². The summed E-state index contributed by atoms with van der Waals surface area (Å²) in [6.07, 6.45) is 3.26. The van der Waals surface area contributed by atoms with E-state index in [0.717, 1.165) is 25.9 Å². The summed E-state index contributed by atoms with van der Waals surface area (Å²) >= 11 is 1.25. The fourth-order valence-corrected chi connectivity index (χ4v) is 2.64. The van der Waals surface area contributed by atoms with Crippen molar-refractivity contribution in [1.29, 1.82) is 0 Å². The summed E-state index contributed by atoms with van der Waals surface area (Å²) in [5.74, 6) is 0.164. The van der Waals surface area contributed by atoms with Gasteiger partial charge in [-0.05, 0) is 26.2 Å². The molecule has 1 rings (SSSR count). The summed E-state index contributed by atoms with van der Waals surface area (Å²) in [5, 5.41) is 5.26. The van der Waals surface area contributed by atoms with Crippen molar-refractivity contribution in [3.8, 4) is 0 Å². The van der Waals surface area contributed by atoms with Crippen LogP contribution in [0.2, 0.25) is 0 Å². The van der Waals surface area contributed by atoms with Crippen molar-refractivity contribution in [2.75, 3.05) is 37.7 Å². The predicted octanol–water partition coefficient (Wildman–Crippen LogP) is -0.0156. The van der Waals surface area contributed by atoms with E-state index in [1.807, 2.05) is 6.92 Å². The number of thioether (sulfide) groups is 1. The van der Waals surface area contributed by atoms with Crippen LogP contribution in [0.25, 0.3) is 0 Å². The number of carbonyl (C=O) groups excluding carboxylic acids is 3. The maximum atomic E-state index is 11.8. The van der Waals surface area contributed by atoms with Gasteiger partial charge in [0.15, 0.2) is 0 Å². The summed E-state index contributed by atoms with van der Waals surface area (Å²) in [4.78, 5) is 36.3. The standard InChI is InChI=1S/C13H23N3O3S/c1-2-14-11(17)9-20-10-12(18)15-8-13(19)16-6-4-3-5-7-16/h2-10H2,1H3,(H,14,17)(H,15,18). The highest BCUT2D eigenvalue weighted by Crippen LogP contribution is 2.08. The fraction of sp³-hybridized carbons (Fsp3) is 0.769. The molecule has 0 radical (unpaired) electrons. The monoisotopic (exact) mass is 301 g/mol. The van der Waals surface area contributed by atoms with Crippen LogP contribution in [0, 0.1) is 0 Å². The minimum atomic E-state index is -0.204. The van der Waals surface area contributed by atoms with E-state index in [1.54, 1.807) is 4.90 Å². The van der Waals surface area contributed by atoms with Crippen LogP contribution in [0.5, 0.6) is 0 Å². The number of nitrogens with zero attached hydrogens (tertiary/aromatic N) is 1. The number of hydrogen-bond donors (Lipinski definition) is 2. The maximum absolute atomic E-state index is 11.8. The molecule has 7 heteroatoms. The van der Waals surface area contributed by atoms with Gasteiger partial charge in [-0.1, -0.05) is 0 Å². The van der Waals surface area contributed by atoms with E-state index in [1.165, 1.54) is 18.2 Å². The first-order valence-corrected chi connectivity index (χ1v) is 8.18. The van der Waals surface area contributed by atoms with Crippen LogP contribution in [0.1, 0.15) is 26.2 Å². The Balaban J connectivity index is 2.10. The van der Waals surface area contributed by atoms with E-state index in [0.29, 0.717) is 6.54 Å². The molecule has 6 nitrogen and oxygen atoms in total. The van der Waals surface area contributed by atoms with Crippen molar-refractivity contribution >= 4 is 29.5 Å². The Morgan fingerprint density at radius 2 is 1.60 bits per heavy atom. The molecule has 1 saturated heterocycles. The average molecular weight is 301 g/mol. The number of nitrogens with one attached hydrogen (secondary N) is 2. The second kappa shape index (κ2) is 9.63. The lowest BCUT2D eigenvalue weighted by Crippen LogP contribution is -2.43. The van der Waals surface area contributed by atoms with Crippen LogP contribution in [-0.2, 0) is 14.4 Å². The van der Waals surface area contributed by atoms with Crippen molar-refractivity contribution < 1.29 is 14.4 Å². The van der Waals surface area contributed by atoms with E-state index in [9.17, 15) is 14.4 Å². The van der Waals surface area contributed by atoms with Gasteiger partial charge >= 0.3 is 0 Å². The third kappa shape index (κ3) is 6.79. The number of amides is 3. The minimum Gasteiger partial charge on any atom is -0.356 e. The molecule has 0 bridgehead atoms. The summed E-state index contributed by atoms with van der Waals surface area (Å²) in [5.41, 5.74) is 0. The van der Waals surface area contributed by atoms with Crippen LogP contribution in [0.4, 0.5) is 0 Å². The molecule has 3 amide bonds. The zero-order chi connectivity index (χ0) is 14.8. The van der Waals surface area contributed by atoms with E-state index >= 15 is 0 Å². The summed E-state index contributed by atoms with van der Waals surface area (Å²) in [7, 11) is 0. The van der Waals surface area contributed by atoms with E-state index in [4.69, 9.17) is 0 Å². The molecule has 0 aromatic rings. The first-order valence-electron chi connectivity index (χ1n) is 7.02. The van der Waals surface area contributed by atoms with E-state index < -0.39 is 0 Å². The molecule has 1 aliphatic heterocycles. The molecule has 0 aromatic carbocycles. The Labute approximate surface area is 124 Å². The normalized spacial score (nSPS) is 14.8. The molecule has 0 unspecified atom stereocenters. The first kappa shape index (κ1) is 16.8. The molecule has 0 saturated carbocycles. The molecular weight excluding hydrogens is 278 g/mol. The minimum absolute atomic E-state index is 0.0215. The second-order valence-corrected chi connectivity index (χ2v) is 5.65. The summed E-state index contributed by atoms with van der Waals surface area (Å²) in [6, 6.07) is 0. The Morgan fingerprint density at radius 1 is 1.00 bits per heavy atom. The van der Waals surface area contributed by atoms with Gasteiger partial charge in [-0.3, -0.25) is 14.4 Å². The highest BCUT2D eigenvalue weighted by atomic mass is 32.2. The largest absolute Gasteiger partial charge is 0.356 e. The van der Waals surface area contributed by atoms with E-state index in [-0.39, 0.29) is 35.8 Å². The van der Waals surface area contributed by atoms with Crippen LogP contribution >= 0.6 is 11.8 Å². The number of rotatable bonds is 7. The van der Waals surface area contributed by atoms with Crippen molar-refractivity contribution in [2.24, 2.45) is 0 Å². The quantitative estimate of drug-likeness (QED) is 0.693. The lowest BCUT2D eigenvalue weighted by Gasteiger charge is -2.26.